The third kappa shape index (κ3) is 4.95. The highest BCUT2D eigenvalue weighted by atomic mass is 28.4. The summed E-state index contributed by atoms with van der Waals surface area (Å²) < 4.78 is 27.0. The van der Waals surface area contributed by atoms with Crippen molar-refractivity contribution < 1.29 is 33.1 Å². The van der Waals surface area contributed by atoms with Crippen LogP contribution in [-0.2, 0) is 29.5 Å². The molecule has 37 heavy (non-hydrogen) atoms. The van der Waals surface area contributed by atoms with E-state index in [4.69, 9.17) is 9.47 Å². The Balaban J connectivity index is 1.75. The highest BCUT2D eigenvalue weighted by molar-refractivity contribution is 6.72. The van der Waals surface area contributed by atoms with Gasteiger partial charge in [0.05, 0.1) is 18.9 Å². The molecule has 3 heterocycles. The lowest BCUT2D eigenvalue weighted by Gasteiger charge is -2.32. The van der Waals surface area contributed by atoms with Gasteiger partial charge in [-0.1, -0.05) is 6.92 Å². The van der Waals surface area contributed by atoms with Crippen molar-refractivity contribution in [3.8, 4) is 0 Å². The monoisotopic (exact) mass is 534 g/mol. The number of benzene rings is 1. The first-order chi connectivity index (χ1) is 17.6. The van der Waals surface area contributed by atoms with Crippen LogP contribution in [0.2, 0.25) is 18.6 Å². The van der Waals surface area contributed by atoms with Crippen LogP contribution in [-0.4, -0.2) is 64.2 Å². The molecule has 10 heteroatoms. The molecule has 0 aliphatic carbocycles. The Morgan fingerprint density at radius 2 is 2.03 bits per heavy atom. The third-order valence-corrected chi connectivity index (χ3v) is 10.7. The zero-order valence-electron chi connectivity index (χ0n) is 22.3. The van der Waals surface area contributed by atoms with Crippen LogP contribution in [0.3, 0.4) is 0 Å². The summed E-state index contributed by atoms with van der Waals surface area (Å²) in [6.45, 7) is 6.00. The number of halogens is 1. The molecular weight excluding hydrogens is 495 g/mol. The second-order valence-corrected chi connectivity index (χ2v) is 14.8. The van der Waals surface area contributed by atoms with Gasteiger partial charge in [-0.3, -0.25) is 14.4 Å². The second-order valence-electron chi connectivity index (χ2n) is 11.0. The van der Waals surface area contributed by atoms with E-state index in [2.05, 4.69) is 0 Å². The average molecular weight is 535 g/mol. The topological polar surface area (TPSA) is 96.4 Å². The number of aliphatic hydroxyl groups is 1. The zero-order chi connectivity index (χ0) is 27.0. The number of amides is 2. The van der Waals surface area contributed by atoms with Crippen molar-refractivity contribution in [2.45, 2.75) is 82.2 Å². The normalized spacial score (nSPS) is 27.8. The summed E-state index contributed by atoms with van der Waals surface area (Å²) in [5.74, 6) is -0.927. The van der Waals surface area contributed by atoms with E-state index < -0.39 is 31.6 Å². The Labute approximate surface area is 219 Å². The van der Waals surface area contributed by atoms with Gasteiger partial charge in [-0.05, 0) is 63.4 Å². The highest BCUT2D eigenvalue weighted by Crippen LogP contribution is 2.60. The molecule has 1 spiro atoms. The molecule has 8 nitrogen and oxygen atoms in total. The molecule has 2 amide bonds. The maximum Gasteiger partial charge on any atom is 0.305 e. The Kier molecular flexibility index (Phi) is 8.11. The van der Waals surface area contributed by atoms with Crippen molar-refractivity contribution >= 4 is 37.6 Å². The second kappa shape index (κ2) is 10.8. The number of fused-ring (bicyclic) bond motifs is 2. The van der Waals surface area contributed by atoms with Gasteiger partial charge in [0.2, 0.25) is 14.3 Å². The van der Waals surface area contributed by atoms with E-state index in [1.165, 1.54) is 7.11 Å². The van der Waals surface area contributed by atoms with Crippen molar-refractivity contribution in [3.63, 3.8) is 0 Å². The van der Waals surface area contributed by atoms with E-state index in [-0.39, 0.29) is 37.2 Å². The van der Waals surface area contributed by atoms with E-state index >= 15 is 4.11 Å². The van der Waals surface area contributed by atoms with E-state index in [0.717, 1.165) is 18.5 Å². The van der Waals surface area contributed by atoms with Crippen LogP contribution in [0.25, 0.3) is 0 Å². The number of unbranched alkanes of at least 4 members (excludes halogenated alkanes) is 1. The number of anilines is 2. The van der Waals surface area contributed by atoms with Crippen molar-refractivity contribution in [2.24, 2.45) is 5.92 Å². The largest absolute Gasteiger partial charge is 0.469 e. The van der Waals surface area contributed by atoms with Gasteiger partial charge in [0.25, 0.3) is 5.91 Å². The Hall–Kier alpha value is -2.30. The summed E-state index contributed by atoms with van der Waals surface area (Å²) in [7, 11) is -1.93. The van der Waals surface area contributed by atoms with Gasteiger partial charge in [0.15, 0.2) is 5.60 Å². The quantitative estimate of drug-likeness (QED) is 0.222. The number of nitrogens with zero attached hydrogens (tertiary/aromatic N) is 2. The minimum Gasteiger partial charge on any atom is -0.469 e. The molecule has 0 saturated carbocycles. The fraction of sp³-hybridized carbons (Fsp3) is 0.667. The number of hydrogen-bond acceptors (Lipinski definition) is 6. The summed E-state index contributed by atoms with van der Waals surface area (Å²) in [4.78, 5) is 41.9. The molecule has 0 aromatic heterocycles. The number of methoxy groups -OCH3 is 1. The van der Waals surface area contributed by atoms with Crippen LogP contribution < -0.4 is 9.80 Å². The Bertz CT molecular complexity index is 1050. The first kappa shape index (κ1) is 27.7. The predicted octanol–water partition coefficient (Wildman–Crippen LogP) is 4.05. The maximum atomic E-state index is 15.7. The van der Waals surface area contributed by atoms with E-state index in [9.17, 15) is 19.5 Å². The van der Waals surface area contributed by atoms with E-state index in [0.29, 0.717) is 43.6 Å². The lowest BCUT2D eigenvalue weighted by atomic mass is 9.82. The molecule has 2 saturated heterocycles. The smallest absolute Gasteiger partial charge is 0.305 e. The molecule has 1 aromatic carbocycles. The number of esters is 1. The molecule has 1 N–H and O–H groups in total. The molecular formula is C27H39FN2O6Si. The molecule has 1 aromatic rings. The molecule has 204 valence electrons. The number of carbonyl (C=O) groups excluding carboxylic acids is 3. The van der Waals surface area contributed by atoms with Crippen LogP contribution in [0.1, 0.15) is 57.4 Å². The summed E-state index contributed by atoms with van der Waals surface area (Å²) in [5, 5.41) is 9.73. The number of aliphatic hydroxyl groups excluding tert-OH is 1. The lowest BCUT2D eigenvalue weighted by Crippen LogP contribution is -2.45. The zero-order valence-corrected chi connectivity index (χ0v) is 23.3. The molecule has 2 fully saturated rings. The SMILES string of the molecule is COC(=O)CCCCN1C(=O)[C@@]2(O[C@@H](CCO)[C@H]([Si](C)(C)F)[C@H]2C)c2cc(N3CCCCC3=O)ccc21. The van der Waals surface area contributed by atoms with Crippen LogP contribution in [0.4, 0.5) is 15.5 Å². The van der Waals surface area contributed by atoms with E-state index in [1.54, 1.807) is 22.9 Å². The van der Waals surface area contributed by atoms with Crippen LogP contribution in [0.5, 0.6) is 0 Å². The van der Waals surface area contributed by atoms with Gasteiger partial charge in [-0.25, -0.2) is 0 Å². The molecule has 4 atom stereocenters. The van der Waals surface area contributed by atoms with Gasteiger partial charge in [-0.2, -0.15) is 0 Å². The summed E-state index contributed by atoms with van der Waals surface area (Å²) in [6, 6.07) is 5.61. The number of hydrogen-bond donors (Lipinski definition) is 1. The number of rotatable bonds is 9. The first-order valence-electron chi connectivity index (χ1n) is 13.4. The standard InChI is InChI=1S/C27H39FN2O6Si/c1-18-25(37(3,4)28)22(13-16-31)36-27(18)20-17-19(29-14-7-5-9-23(29)32)11-12-21(20)30(26(27)34)15-8-6-10-24(33)35-2/h11-12,17-18,22,25,31H,5-10,13-16H2,1-4H3/t18-,22+,25-,27+/m1/s1. The Morgan fingerprint density at radius 1 is 1.27 bits per heavy atom. The molecule has 4 rings (SSSR count). The molecule has 0 radical (unpaired) electrons. The highest BCUT2D eigenvalue weighted by Gasteiger charge is 2.66. The van der Waals surface area contributed by atoms with Crippen molar-refractivity contribution in [1.82, 2.24) is 0 Å². The third-order valence-electron chi connectivity index (χ3n) is 8.23. The fourth-order valence-electron chi connectivity index (χ4n) is 6.54. The number of piperidine rings is 1. The summed E-state index contributed by atoms with van der Waals surface area (Å²) in [5.41, 5.74) is 0.226. The van der Waals surface area contributed by atoms with Gasteiger partial charge in [0.1, 0.15) is 0 Å². The van der Waals surface area contributed by atoms with Gasteiger partial charge < -0.3 is 28.5 Å². The minimum atomic E-state index is -3.28. The van der Waals surface area contributed by atoms with Crippen LogP contribution >= 0.6 is 0 Å². The van der Waals surface area contributed by atoms with Crippen molar-refractivity contribution in [1.29, 1.82) is 0 Å². The van der Waals surface area contributed by atoms with Gasteiger partial charge >= 0.3 is 5.97 Å². The van der Waals surface area contributed by atoms with Crippen LogP contribution in [0.15, 0.2) is 18.2 Å². The Morgan fingerprint density at radius 3 is 2.68 bits per heavy atom. The van der Waals surface area contributed by atoms with Gasteiger partial charge in [0, 0.05) is 55.2 Å². The summed E-state index contributed by atoms with van der Waals surface area (Å²) in [6.07, 6.45) is 3.35. The predicted molar refractivity (Wildman–Crippen MR) is 141 cm³/mol. The number of ether oxygens (including phenoxy) is 2. The van der Waals surface area contributed by atoms with E-state index in [1.807, 2.05) is 25.1 Å². The van der Waals surface area contributed by atoms with Crippen LogP contribution in [0, 0.1) is 5.92 Å². The number of carbonyl (C=O) groups is 3. The maximum absolute atomic E-state index is 15.7. The lowest BCUT2D eigenvalue weighted by molar-refractivity contribution is -0.146. The summed E-state index contributed by atoms with van der Waals surface area (Å²) >= 11 is 0. The fourth-order valence-corrected chi connectivity index (χ4v) is 9.08. The average Bonchev–Trinajstić information content (AvgIpc) is 3.28. The molecule has 3 aliphatic rings. The molecule has 0 bridgehead atoms. The first-order valence-corrected chi connectivity index (χ1v) is 16.3. The van der Waals surface area contributed by atoms with Crippen molar-refractivity contribution in [3.05, 3.63) is 23.8 Å². The van der Waals surface area contributed by atoms with Crippen molar-refractivity contribution in [2.75, 3.05) is 36.6 Å². The van der Waals surface area contributed by atoms with Gasteiger partial charge in [-0.15, -0.1) is 0 Å². The molecule has 3 aliphatic heterocycles. The minimum absolute atomic E-state index is 0.0537. The molecule has 0 unspecified atom stereocenters.